The summed E-state index contributed by atoms with van der Waals surface area (Å²) < 4.78 is 46.3. The lowest BCUT2D eigenvalue weighted by atomic mass is 10.1. The number of imidazole rings is 2. The number of hydrogen-bond acceptors (Lipinski definition) is 6. The van der Waals surface area contributed by atoms with Gasteiger partial charge in [-0.25, -0.2) is 19.3 Å². The number of nitrogens with one attached hydrogen (secondary N) is 2. The zero-order chi connectivity index (χ0) is 28.7. The topological polar surface area (TPSA) is 95.0 Å². The van der Waals surface area contributed by atoms with Gasteiger partial charge in [-0.05, 0) is 57.2 Å². The van der Waals surface area contributed by atoms with E-state index in [0.717, 1.165) is 5.69 Å². The van der Waals surface area contributed by atoms with Gasteiger partial charge in [-0.2, -0.15) is 0 Å². The van der Waals surface area contributed by atoms with Gasteiger partial charge in [-0.15, -0.1) is 0 Å². The number of pyridine rings is 1. The van der Waals surface area contributed by atoms with Crippen LogP contribution in [0.1, 0.15) is 35.8 Å². The largest absolute Gasteiger partial charge is 0.368 e. The van der Waals surface area contributed by atoms with Crippen LogP contribution in [0.25, 0.3) is 22.8 Å². The Hall–Kier alpha value is -4.05. The van der Waals surface area contributed by atoms with E-state index < -0.39 is 18.9 Å². The first kappa shape index (κ1) is 19.2. The van der Waals surface area contributed by atoms with Crippen LogP contribution in [0.2, 0.25) is 0 Å². The Bertz CT molecular complexity index is 1480. The Balaban J connectivity index is 1.31. The van der Waals surface area contributed by atoms with E-state index in [9.17, 15) is 9.18 Å². The van der Waals surface area contributed by atoms with E-state index in [4.69, 9.17) is 5.48 Å². The van der Waals surface area contributed by atoms with Crippen LogP contribution < -0.4 is 10.2 Å². The maximum atomic E-state index is 13.5. The molecule has 1 aromatic carbocycles. The number of likely N-dealkylation sites (N-methyl/N-ethyl adjacent to an activating group) is 1. The summed E-state index contributed by atoms with van der Waals surface area (Å²) in [6.07, 6.45) is 4.56. The van der Waals surface area contributed by atoms with Gasteiger partial charge in [0.25, 0.3) is 5.91 Å². The summed E-state index contributed by atoms with van der Waals surface area (Å²) in [4.78, 5) is 32.7. The Morgan fingerprint density at radius 1 is 1.08 bits per heavy atom. The van der Waals surface area contributed by atoms with Crippen molar-refractivity contribution in [3.63, 3.8) is 0 Å². The number of benzene rings is 1. The highest BCUT2D eigenvalue weighted by molar-refractivity contribution is 6.02. The van der Waals surface area contributed by atoms with E-state index in [1.165, 1.54) is 29.6 Å². The molecule has 36 heavy (non-hydrogen) atoms. The van der Waals surface area contributed by atoms with Gasteiger partial charge < -0.3 is 24.7 Å². The molecular weight excluding hydrogens is 459 g/mol. The number of aromatic nitrogens is 5. The van der Waals surface area contributed by atoms with Crippen LogP contribution in [0.15, 0.2) is 55.1 Å². The standard InChI is InChI=1S/C26H29FN8O/c1-17(2)35-16-30-23(18-4-6-19(27)7-5-18)24(35)25-29-15-21(31-25)26(36)32-22-9-8-20(14-28-22)34-12-10-33(3)11-13-34/h4-9,14-17H,10-13H2,1-3H3,(H,29,31)(H,28,32,36)/i3D3,17D. The maximum Gasteiger partial charge on any atom is 0.274 e. The van der Waals surface area contributed by atoms with E-state index in [2.05, 4.69) is 30.2 Å². The number of piperazine rings is 1. The molecule has 1 saturated heterocycles. The second-order valence-electron chi connectivity index (χ2n) is 8.74. The van der Waals surface area contributed by atoms with Crippen molar-refractivity contribution in [2.45, 2.75) is 19.9 Å². The Morgan fingerprint density at radius 3 is 2.53 bits per heavy atom. The van der Waals surface area contributed by atoms with E-state index in [-0.39, 0.29) is 11.5 Å². The minimum Gasteiger partial charge on any atom is -0.368 e. The number of H-pyrrole nitrogens is 1. The molecule has 10 heteroatoms. The number of carbonyl (C=O) groups excluding carboxylic acids is 1. The van der Waals surface area contributed by atoms with Crippen molar-refractivity contribution in [2.24, 2.45) is 0 Å². The molecule has 2 N–H and O–H groups in total. The number of amides is 1. The highest BCUT2D eigenvalue weighted by atomic mass is 19.1. The van der Waals surface area contributed by atoms with Crippen LogP contribution >= 0.6 is 0 Å². The number of rotatable bonds is 6. The van der Waals surface area contributed by atoms with Gasteiger partial charge in [-0.1, -0.05) is 0 Å². The molecule has 0 saturated carbocycles. The Labute approximate surface area is 214 Å². The lowest BCUT2D eigenvalue weighted by molar-refractivity contribution is 0.102. The van der Waals surface area contributed by atoms with Crippen molar-refractivity contribution in [1.29, 1.82) is 0 Å². The zero-order valence-corrected chi connectivity index (χ0v) is 20.0. The van der Waals surface area contributed by atoms with Crippen LogP contribution in [0.4, 0.5) is 15.9 Å². The Kier molecular flexibility index (Phi) is 5.27. The first-order valence-electron chi connectivity index (χ1n) is 13.6. The molecule has 0 spiro atoms. The maximum absolute atomic E-state index is 13.5. The summed E-state index contributed by atoms with van der Waals surface area (Å²) in [6, 6.07) is 8.30. The molecule has 1 aliphatic rings. The average Bonchev–Trinajstić information content (AvgIpc) is 3.57. The fourth-order valence-corrected chi connectivity index (χ4v) is 4.09. The Morgan fingerprint density at radius 2 is 1.86 bits per heavy atom. The van der Waals surface area contributed by atoms with E-state index in [1.807, 2.05) is 6.07 Å². The number of halogens is 1. The highest BCUT2D eigenvalue weighted by Gasteiger charge is 2.21. The summed E-state index contributed by atoms with van der Waals surface area (Å²) in [5, 5.41) is 2.75. The van der Waals surface area contributed by atoms with Gasteiger partial charge in [0.05, 0.1) is 31.5 Å². The molecule has 1 fully saturated rings. The summed E-state index contributed by atoms with van der Waals surface area (Å²) >= 11 is 0. The predicted molar refractivity (Wildman–Crippen MR) is 137 cm³/mol. The van der Waals surface area contributed by atoms with Gasteiger partial charge in [0.15, 0.2) is 5.82 Å². The second kappa shape index (κ2) is 9.90. The summed E-state index contributed by atoms with van der Waals surface area (Å²) in [5.41, 5.74) is 2.66. The molecule has 0 radical (unpaired) electrons. The van der Waals surface area contributed by atoms with Crippen LogP contribution in [0.3, 0.4) is 0 Å². The number of anilines is 2. The summed E-state index contributed by atoms with van der Waals surface area (Å²) in [7, 11) is 0. The summed E-state index contributed by atoms with van der Waals surface area (Å²) in [6.45, 7) is 3.29. The molecule has 186 valence electrons. The summed E-state index contributed by atoms with van der Waals surface area (Å²) in [5.74, 6) is -0.151. The zero-order valence-electron chi connectivity index (χ0n) is 24.0. The van der Waals surface area contributed by atoms with Crippen molar-refractivity contribution in [1.82, 2.24) is 29.4 Å². The molecule has 0 aliphatic carbocycles. The van der Waals surface area contributed by atoms with E-state index in [0.29, 0.717) is 54.8 Å². The fourth-order valence-electron chi connectivity index (χ4n) is 4.09. The second-order valence-corrected chi connectivity index (χ2v) is 8.74. The van der Waals surface area contributed by atoms with Gasteiger partial charge in [0.1, 0.15) is 23.0 Å². The lowest BCUT2D eigenvalue weighted by Gasteiger charge is -2.33. The van der Waals surface area contributed by atoms with Gasteiger partial charge >= 0.3 is 0 Å². The quantitative estimate of drug-likeness (QED) is 0.422. The number of carbonyl (C=O) groups is 1. The minimum absolute atomic E-state index is 0.183. The minimum atomic E-state index is -2.09. The van der Waals surface area contributed by atoms with Crippen LogP contribution in [-0.2, 0) is 0 Å². The molecule has 0 unspecified atom stereocenters. The van der Waals surface area contributed by atoms with E-state index >= 15 is 0 Å². The smallest absolute Gasteiger partial charge is 0.274 e. The molecule has 0 atom stereocenters. The molecule has 4 aromatic rings. The van der Waals surface area contributed by atoms with E-state index in [1.54, 1.807) is 42.8 Å². The normalized spacial score (nSPS) is 16.7. The molecule has 1 aliphatic heterocycles. The first-order chi connectivity index (χ1) is 18.9. The number of nitrogens with zero attached hydrogens (tertiary/aromatic N) is 6. The number of aromatic amines is 1. The van der Waals surface area contributed by atoms with Gasteiger partial charge in [-0.3, -0.25) is 4.79 Å². The molecular formula is C26H29FN8O. The van der Waals surface area contributed by atoms with Crippen molar-refractivity contribution in [3.8, 4) is 22.8 Å². The average molecular weight is 493 g/mol. The molecule has 4 heterocycles. The molecule has 5 rings (SSSR count). The van der Waals surface area contributed by atoms with Gasteiger partial charge in [0.2, 0.25) is 0 Å². The lowest BCUT2D eigenvalue weighted by Crippen LogP contribution is -2.44. The third kappa shape index (κ3) is 4.85. The highest BCUT2D eigenvalue weighted by Crippen LogP contribution is 2.32. The third-order valence-electron chi connectivity index (χ3n) is 6.05. The third-order valence-corrected chi connectivity index (χ3v) is 6.05. The van der Waals surface area contributed by atoms with Crippen LogP contribution in [0, 0.1) is 5.82 Å². The van der Waals surface area contributed by atoms with Crippen molar-refractivity contribution < 1.29 is 14.7 Å². The molecule has 3 aromatic heterocycles. The fraction of sp³-hybridized carbons (Fsp3) is 0.308. The molecule has 9 nitrogen and oxygen atoms in total. The first-order valence-corrected chi connectivity index (χ1v) is 11.6. The van der Waals surface area contributed by atoms with Crippen molar-refractivity contribution in [3.05, 3.63) is 66.6 Å². The van der Waals surface area contributed by atoms with Gasteiger partial charge in [0, 0.05) is 41.9 Å². The molecule has 1 amide bonds. The van der Waals surface area contributed by atoms with Crippen molar-refractivity contribution >= 4 is 17.4 Å². The monoisotopic (exact) mass is 492 g/mol. The van der Waals surface area contributed by atoms with Crippen molar-refractivity contribution in [2.75, 3.05) is 43.4 Å². The van der Waals surface area contributed by atoms with Crippen LogP contribution in [-0.4, -0.2) is 68.5 Å². The number of hydrogen-bond donors (Lipinski definition) is 2. The SMILES string of the molecule is [2H]C([2H])([2H])N1CCN(c2ccc(NC(=O)c3cnc(-c4c(-c5ccc(F)cc5)ncn4C([2H])(C)C)[nH]3)nc2)CC1. The predicted octanol–water partition coefficient (Wildman–Crippen LogP) is 4.06. The van der Waals surface area contributed by atoms with Crippen LogP contribution in [0.5, 0.6) is 0 Å². The molecule has 0 bridgehead atoms.